The Bertz CT molecular complexity index is 607. The summed E-state index contributed by atoms with van der Waals surface area (Å²) in [4.78, 5) is 0.277. The molecule has 0 unspecified atom stereocenters. The Balaban J connectivity index is 2.00. The number of hydrogen-bond acceptors (Lipinski definition) is 3. The summed E-state index contributed by atoms with van der Waals surface area (Å²) >= 11 is 4.90. The van der Waals surface area contributed by atoms with E-state index in [-0.39, 0.29) is 16.2 Å². The predicted molar refractivity (Wildman–Crippen MR) is 84.9 cm³/mol. The molecule has 1 aromatic rings. The zero-order valence-corrected chi connectivity index (χ0v) is 13.2. The van der Waals surface area contributed by atoms with E-state index in [2.05, 4.69) is 11.6 Å². The van der Waals surface area contributed by atoms with Crippen LogP contribution in [0.25, 0.3) is 0 Å². The van der Waals surface area contributed by atoms with Gasteiger partial charge in [0.05, 0.1) is 5.75 Å². The molecule has 0 amide bonds. The van der Waals surface area contributed by atoms with Crippen LogP contribution in [0.15, 0.2) is 24.3 Å². The minimum absolute atomic E-state index is 0.0421. The lowest BCUT2D eigenvalue weighted by Crippen LogP contribution is -2.40. The normalized spacial score (nSPS) is 17.4. The third-order valence-corrected chi connectivity index (χ3v) is 5.38. The first-order valence-corrected chi connectivity index (χ1v) is 8.72. The van der Waals surface area contributed by atoms with Crippen molar-refractivity contribution < 1.29 is 8.42 Å². The Morgan fingerprint density at radius 3 is 2.70 bits per heavy atom. The van der Waals surface area contributed by atoms with E-state index >= 15 is 0 Å². The number of benzene rings is 1. The summed E-state index contributed by atoms with van der Waals surface area (Å²) in [6, 6.07) is 7.05. The zero-order valence-electron chi connectivity index (χ0n) is 11.6. The molecule has 0 heterocycles. The van der Waals surface area contributed by atoms with Gasteiger partial charge in [-0.3, -0.25) is 0 Å². The lowest BCUT2D eigenvalue weighted by Gasteiger charge is -2.38. The zero-order chi connectivity index (χ0) is 14.8. The highest BCUT2D eigenvalue weighted by Crippen LogP contribution is 2.39. The maximum atomic E-state index is 12.1. The Morgan fingerprint density at radius 2 is 2.15 bits per heavy atom. The second kappa shape index (κ2) is 5.79. The lowest BCUT2D eigenvalue weighted by molar-refractivity contribution is 0.166. The highest BCUT2D eigenvalue weighted by atomic mass is 32.2. The number of rotatable bonds is 6. The van der Waals surface area contributed by atoms with E-state index in [9.17, 15) is 8.42 Å². The van der Waals surface area contributed by atoms with Crippen molar-refractivity contribution >= 4 is 27.2 Å². The Labute approximate surface area is 125 Å². The molecule has 110 valence electrons. The van der Waals surface area contributed by atoms with Crippen LogP contribution in [-0.2, 0) is 15.8 Å². The number of thiocarbonyl (C=S) groups is 1. The summed E-state index contributed by atoms with van der Waals surface area (Å²) in [6.45, 7) is 2.64. The molecule has 0 bridgehead atoms. The number of nitrogens with two attached hydrogens (primary N) is 1. The lowest BCUT2D eigenvalue weighted by atomic mass is 9.71. The smallest absolute Gasteiger partial charge is 0.215 e. The molecule has 4 nitrogen and oxygen atoms in total. The fourth-order valence-corrected chi connectivity index (χ4v) is 3.74. The Morgan fingerprint density at radius 1 is 1.45 bits per heavy atom. The van der Waals surface area contributed by atoms with Crippen molar-refractivity contribution in [3.63, 3.8) is 0 Å². The van der Waals surface area contributed by atoms with Gasteiger partial charge in [0.15, 0.2) is 0 Å². The molecular weight excluding hydrogens is 292 g/mol. The van der Waals surface area contributed by atoms with Crippen LogP contribution in [0.5, 0.6) is 0 Å². The highest BCUT2D eigenvalue weighted by molar-refractivity contribution is 7.88. The maximum absolute atomic E-state index is 12.1. The number of sulfonamides is 1. The summed E-state index contributed by atoms with van der Waals surface area (Å²) in [6.07, 6.45) is 3.37. The van der Waals surface area contributed by atoms with Gasteiger partial charge >= 0.3 is 0 Å². The molecule has 20 heavy (non-hydrogen) atoms. The van der Waals surface area contributed by atoms with Gasteiger partial charge in [-0.25, -0.2) is 13.1 Å². The topological polar surface area (TPSA) is 72.2 Å². The predicted octanol–water partition coefficient (Wildman–Crippen LogP) is 1.93. The van der Waals surface area contributed by atoms with E-state index in [1.807, 2.05) is 0 Å². The van der Waals surface area contributed by atoms with Crippen LogP contribution < -0.4 is 10.5 Å². The third kappa shape index (κ3) is 4.01. The summed E-state index contributed by atoms with van der Waals surface area (Å²) in [5.74, 6) is -0.0421. The summed E-state index contributed by atoms with van der Waals surface area (Å²) in [5.41, 5.74) is 7.08. The molecular formula is C14H20N2O2S2. The molecule has 1 fully saturated rings. The van der Waals surface area contributed by atoms with Crippen LogP contribution in [0.1, 0.15) is 37.3 Å². The molecule has 3 N–H and O–H groups in total. The first kappa shape index (κ1) is 15.4. The molecule has 2 rings (SSSR count). The molecule has 1 aliphatic rings. The number of hydrogen-bond donors (Lipinski definition) is 2. The quantitative estimate of drug-likeness (QED) is 0.787. The van der Waals surface area contributed by atoms with Crippen LogP contribution in [0.2, 0.25) is 0 Å². The van der Waals surface area contributed by atoms with Crippen molar-refractivity contribution in [2.45, 2.75) is 31.9 Å². The summed E-state index contributed by atoms with van der Waals surface area (Å²) in [5, 5.41) is 0. The fourth-order valence-electron chi connectivity index (χ4n) is 2.33. The molecule has 1 saturated carbocycles. The molecule has 6 heteroatoms. The van der Waals surface area contributed by atoms with Crippen molar-refractivity contribution in [2.75, 3.05) is 6.54 Å². The maximum Gasteiger partial charge on any atom is 0.215 e. The van der Waals surface area contributed by atoms with E-state index in [0.29, 0.717) is 17.7 Å². The minimum Gasteiger partial charge on any atom is -0.389 e. The molecule has 0 atom stereocenters. The fraction of sp³-hybridized carbons (Fsp3) is 0.500. The summed E-state index contributed by atoms with van der Waals surface area (Å²) in [7, 11) is -3.32. The molecule has 0 radical (unpaired) electrons. The molecule has 1 aromatic carbocycles. The van der Waals surface area contributed by atoms with E-state index in [1.54, 1.807) is 24.3 Å². The molecule has 0 spiro atoms. The first-order valence-electron chi connectivity index (χ1n) is 6.66. The second-order valence-corrected chi connectivity index (χ2v) is 8.06. The Hall–Kier alpha value is -0.980. The van der Waals surface area contributed by atoms with E-state index in [4.69, 9.17) is 18.0 Å². The highest BCUT2D eigenvalue weighted by Gasteiger charge is 2.32. The van der Waals surface area contributed by atoms with E-state index < -0.39 is 10.0 Å². The molecule has 0 saturated heterocycles. The molecule has 1 aliphatic carbocycles. The van der Waals surface area contributed by atoms with Gasteiger partial charge in [-0.1, -0.05) is 43.8 Å². The third-order valence-electron chi connectivity index (χ3n) is 3.85. The second-order valence-electron chi connectivity index (χ2n) is 5.81. The number of nitrogens with one attached hydrogen (secondary N) is 1. The van der Waals surface area contributed by atoms with Gasteiger partial charge < -0.3 is 5.73 Å². The minimum atomic E-state index is -3.32. The van der Waals surface area contributed by atoms with Gasteiger partial charge in [0.1, 0.15) is 4.99 Å². The van der Waals surface area contributed by atoms with Gasteiger partial charge in [-0.05, 0) is 29.9 Å². The van der Waals surface area contributed by atoms with Crippen molar-refractivity contribution in [1.29, 1.82) is 0 Å². The monoisotopic (exact) mass is 312 g/mol. The van der Waals surface area contributed by atoms with Gasteiger partial charge in [-0.2, -0.15) is 0 Å². The first-order chi connectivity index (χ1) is 9.30. The van der Waals surface area contributed by atoms with E-state index in [0.717, 1.165) is 12.8 Å². The van der Waals surface area contributed by atoms with Gasteiger partial charge in [-0.15, -0.1) is 0 Å². The van der Waals surface area contributed by atoms with Gasteiger partial charge in [0.2, 0.25) is 10.0 Å². The molecule has 0 aliphatic heterocycles. The average Bonchev–Trinajstić information content (AvgIpc) is 2.34. The SMILES string of the molecule is CC1(CNS(=O)(=O)Cc2cccc(C(N)=S)c2)CCC1. The van der Waals surface area contributed by atoms with Crippen LogP contribution in [0.4, 0.5) is 0 Å². The van der Waals surface area contributed by atoms with Crippen LogP contribution >= 0.6 is 12.2 Å². The largest absolute Gasteiger partial charge is 0.389 e. The van der Waals surface area contributed by atoms with Crippen molar-refractivity contribution in [3.05, 3.63) is 35.4 Å². The Kier molecular flexibility index (Phi) is 4.46. The van der Waals surface area contributed by atoms with Crippen molar-refractivity contribution in [1.82, 2.24) is 4.72 Å². The van der Waals surface area contributed by atoms with Crippen LogP contribution in [0.3, 0.4) is 0 Å². The van der Waals surface area contributed by atoms with E-state index in [1.165, 1.54) is 6.42 Å². The summed E-state index contributed by atoms with van der Waals surface area (Å²) < 4.78 is 26.9. The van der Waals surface area contributed by atoms with Gasteiger partial charge in [0, 0.05) is 12.1 Å². The van der Waals surface area contributed by atoms with Crippen LogP contribution in [-0.4, -0.2) is 20.0 Å². The van der Waals surface area contributed by atoms with Crippen LogP contribution in [0, 0.1) is 5.41 Å². The standard InChI is InChI=1S/C14H20N2O2S2/c1-14(6-3-7-14)10-16-20(17,18)9-11-4-2-5-12(8-11)13(15)19/h2,4-5,8,16H,3,6-7,9-10H2,1H3,(H2,15,19). The van der Waals surface area contributed by atoms with Crippen molar-refractivity contribution in [3.8, 4) is 0 Å². The average molecular weight is 312 g/mol. The van der Waals surface area contributed by atoms with Crippen molar-refractivity contribution in [2.24, 2.45) is 11.1 Å². The van der Waals surface area contributed by atoms with Gasteiger partial charge in [0.25, 0.3) is 0 Å². The molecule has 0 aromatic heterocycles.